The maximum absolute atomic E-state index is 13.0. The Morgan fingerprint density at radius 1 is 1.25 bits per heavy atom. The van der Waals surface area contributed by atoms with Crippen LogP contribution < -0.4 is 15.2 Å². The predicted molar refractivity (Wildman–Crippen MR) is 104 cm³/mol. The van der Waals surface area contributed by atoms with Gasteiger partial charge in [0.25, 0.3) is 11.6 Å². The SMILES string of the molecule is COCCOc1cc([N+](=O)[O-])c(C(=O)N2CC3CCC(N)C3C2)cc1OC.Cl. The molecule has 3 atom stereocenters. The second-order valence-electron chi connectivity index (χ2n) is 6.99. The molecule has 1 heterocycles. The van der Waals surface area contributed by atoms with Crippen molar-refractivity contribution in [2.24, 2.45) is 17.6 Å². The van der Waals surface area contributed by atoms with Crippen LogP contribution in [0.25, 0.3) is 0 Å². The summed E-state index contributed by atoms with van der Waals surface area (Å²) < 4.78 is 15.7. The molecule has 1 saturated heterocycles. The summed E-state index contributed by atoms with van der Waals surface area (Å²) in [6, 6.07) is 2.72. The number of rotatable bonds is 7. The highest BCUT2D eigenvalue weighted by Gasteiger charge is 2.43. The Hall–Kier alpha value is -2.10. The molecule has 0 spiro atoms. The molecule has 28 heavy (non-hydrogen) atoms. The van der Waals surface area contributed by atoms with Gasteiger partial charge in [0.2, 0.25) is 0 Å². The standard InChI is InChI=1S/C18H25N3O6.ClH/c1-25-5-6-27-17-8-15(21(23)24)12(7-16(17)26-2)18(22)20-9-11-3-4-14(19)13(11)10-20;/h7-8,11,13-14H,3-6,9-10,19H2,1-2H3;1H. The van der Waals surface area contributed by atoms with Gasteiger partial charge in [-0.2, -0.15) is 0 Å². The Morgan fingerprint density at radius 3 is 2.61 bits per heavy atom. The van der Waals surface area contributed by atoms with Crippen LogP contribution in [-0.4, -0.2) is 62.3 Å². The second-order valence-corrected chi connectivity index (χ2v) is 6.99. The summed E-state index contributed by atoms with van der Waals surface area (Å²) in [4.78, 5) is 25.7. The molecule has 1 aliphatic carbocycles. The number of hydrogen-bond donors (Lipinski definition) is 1. The van der Waals surface area contributed by atoms with Gasteiger partial charge in [0.1, 0.15) is 12.2 Å². The maximum Gasteiger partial charge on any atom is 0.286 e. The van der Waals surface area contributed by atoms with Gasteiger partial charge in [0, 0.05) is 32.3 Å². The van der Waals surface area contributed by atoms with Crippen molar-refractivity contribution in [1.29, 1.82) is 0 Å². The number of hydrogen-bond acceptors (Lipinski definition) is 7. The Balaban J connectivity index is 0.00000280. The number of halogens is 1. The third-order valence-corrected chi connectivity index (χ3v) is 5.45. The molecule has 2 aliphatic rings. The molecule has 0 radical (unpaired) electrons. The van der Waals surface area contributed by atoms with Gasteiger partial charge in [0.15, 0.2) is 11.5 Å². The van der Waals surface area contributed by atoms with Crippen molar-refractivity contribution >= 4 is 24.0 Å². The molecule has 2 fully saturated rings. The lowest BCUT2D eigenvalue weighted by molar-refractivity contribution is -0.385. The average Bonchev–Trinajstić information content (AvgIpc) is 3.23. The van der Waals surface area contributed by atoms with Crippen LogP contribution in [0, 0.1) is 22.0 Å². The Labute approximate surface area is 169 Å². The largest absolute Gasteiger partial charge is 0.493 e. The van der Waals surface area contributed by atoms with Gasteiger partial charge in [-0.1, -0.05) is 0 Å². The van der Waals surface area contributed by atoms with Crippen LogP contribution in [-0.2, 0) is 4.74 Å². The Bertz CT molecular complexity index is 732. The molecule has 10 heteroatoms. The summed E-state index contributed by atoms with van der Waals surface area (Å²) >= 11 is 0. The summed E-state index contributed by atoms with van der Waals surface area (Å²) in [6.45, 7) is 1.66. The minimum atomic E-state index is -0.571. The van der Waals surface area contributed by atoms with Gasteiger partial charge >= 0.3 is 0 Å². The molecule has 0 bridgehead atoms. The van der Waals surface area contributed by atoms with Crippen molar-refractivity contribution in [2.45, 2.75) is 18.9 Å². The van der Waals surface area contributed by atoms with Gasteiger partial charge in [-0.25, -0.2) is 0 Å². The summed E-state index contributed by atoms with van der Waals surface area (Å²) in [5.74, 6) is 0.757. The fourth-order valence-corrected chi connectivity index (χ4v) is 4.02. The number of likely N-dealkylation sites (tertiary alicyclic amines) is 1. The number of carbonyl (C=O) groups is 1. The zero-order valence-electron chi connectivity index (χ0n) is 16.0. The molecular formula is C18H26ClN3O6. The van der Waals surface area contributed by atoms with Gasteiger partial charge in [0.05, 0.1) is 24.7 Å². The van der Waals surface area contributed by atoms with E-state index < -0.39 is 4.92 Å². The van der Waals surface area contributed by atoms with Gasteiger partial charge in [-0.3, -0.25) is 14.9 Å². The normalized spacial score (nSPS) is 23.1. The van der Waals surface area contributed by atoms with Crippen LogP contribution in [0.1, 0.15) is 23.2 Å². The Kier molecular flexibility index (Phi) is 7.45. The number of nitro groups is 1. The van der Waals surface area contributed by atoms with Crippen molar-refractivity contribution < 1.29 is 23.9 Å². The van der Waals surface area contributed by atoms with Gasteiger partial charge < -0.3 is 24.8 Å². The van der Waals surface area contributed by atoms with Crippen LogP contribution in [0.5, 0.6) is 11.5 Å². The predicted octanol–water partition coefficient (Wildman–Crippen LogP) is 1.86. The quantitative estimate of drug-likeness (QED) is 0.410. The molecule has 1 amide bonds. The third-order valence-electron chi connectivity index (χ3n) is 5.45. The number of nitrogens with zero attached hydrogens (tertiary/aromatic N) is 2. The molecule has 1 aromatic carbocycles. The number of methoxy groups -OCH3 is 2. The number of nitro benzene ring substituents is 1. The van der Waals surface area contributed by atoms with Crippen molar-refractivity contribution in [2.75, 3.05) is 40.5 Å². The van der Waals surface area contributed by atoms with E-state index in [4.69, 9.17) is 19.9 Å². The molecule has 1 saturated carbocycles. The van der Waals surface area contributed by atoms with Crippen molar-refractivity contribution in [1.82, 2.24) is 4.90 Å². The van der Waals surface area contributed by atoms with Crippen LogP contribution in [0.3, 0.4) is 0 Å². The number of ether oxygens (including phenoxy) is 3. The first-order valence-corrected chi connectivity index (χ1v) is 8.99. The average molecular weight is 416 g/mol. The first-order valence-electron chi connectivity index (χ1n) is 8.99. The smallest absolute Gasteiger partial charge is 0.286 e. The van der Waals surface area contributed by atoms with Gasteiger partial charge in [-0.05, 0) is 24.7 Å². The fraction of sp³-hybridized carbons (Fsp3) is 0.611. The molecule has 2 N–H and O–H groups in total. The highest BCUT2D eigenvalue weighted by molar-refractivity contribution is 5.99. The van der Waals surface area contributed by atoms with Crippen molar-refractivity contribution in [3.63, 3.8) is 0 Å². The van der Waals surface area contributed by atoms with E-state index >= 15 is 0 Å². The molecule has 3 rings (SSSR count). The van der Waals surface area contributed by atoms with Crippen molar-refractivity contribution in [3.8, 4) is 11.5 Å². The lowest BCUT2D eigenvalue weighted by Crippen LogP contribution is -2.33. The Morgan fingerprint density at radius 2 is 2.00 bits per heavy atom. The molecular weight excluding hydrogens is 390 g/mol. The van der Waals surface area contributed by atoms with E-state index in [2.05, 4.69) is 0 Å². The van der Waals surface area contributed by atoms with E-state index in [1.807, 2.05) is 0 Å². The maximum atomic E-state index is 13.0. The molecule has 3 unspecified atom stereocenters. The minimum absolute atomic E-state index is 0. The van der Waals surface area contributed by atoms with Crippen molar-refractivity contribution in [3.05, 3.63) is 27.8 Å². The molecule has 1 aromatic rings. The third kappa shape index (κ3) is 4.31. The summed E-state index contributed by atoms with van der Waals surface area (Å²) in [5, 5.41) is 11.6. The molecule has 1 aliphatic heterocycles. The second kappa shape index (κ2) is 9.40. The van der Waals surface area contributed by atoms with E-state index in [9.17, 15) is 14.9 Å². The molecule has 0 aromatic heterocycles. The van der Waals surface area contributed by atoms with Gasteiger partial charge in [-0.15, -0.1) is 12.4 Å². The lowest BCUT2D eigenvalue weighted by Gasteiger charge is -2.19. The minimum Gasteiger partial charge on any atom is -0.493 e. The monoisotopic (exact) mass is 415 g/mol. The van der Waals surface area contributed by atoms with E-state index in [0.717, 1.165) is 12.8 Å². The van der Waals surface area contributed by atoms with Crippen LogP contribution in [0.15, 0.2) is 12.1 Å². The first kappa shape index (κ1) is 22.2. The number of carbonyl (C=O) groups excluding carboxylic acids is 1. The lowest BCUT2D eigenvalue weighted by atomic mass is 9.98. The van der Waals surface area contributed by atoms with E-state index in [0.29, 0.717) is 25.6 Å². The van der Waals surface area contributed by atoms with Crippen LogP contribution in [0.4, 0.5) is 5.69 Å². The van der Waals surface area contributed by atoms with E-state index in [1.165, 1.54) is 26.4 Å². The zero-order valence-corrected chi connectivity index (χ0v) is 16.8. The number of fused-ring (bicyclic) bond motifs is 1. The fourth-order valence-electron chi connectivity index (χ4n) is 4.02. The van der Waals surface area contributed by atoms with Crippen LogP contribution in [0.2, 0.25) is 0 Å². The zero-order chi connectivity index (χ0) is 19.6. The summed E-state index contributed by atoms with van der Waals surface area (Å²) in [7, 11) is 2.96. The highest BCUT2D eigenvalue weighted by atomic mass is 35.5. The number of nitrogens with two attached hydrogens (primary N) is 1. The molecule has 9 nitrogen and oxygen atoms in total. The first-order chi connectivity index (χ1) is 13.0. The topological polar surface area (TPSA) is 117 Å². The highest BCUT2D eigenvalue weighted by Crippen LogP contribution is 2.40. The summed E-state index contributed by atoms with van der Waals surface area (Å²) in [6.07, 6.45) is 1.96. The summed E-state index contributed by atoms with van der Waals surface area (Å²) in [5.41, 5.74) is 5.84. The molecule has 156 valence electrons. The number of benzene rings is 1. The van der Waals surface area contributed by atoms with Crippen LogP contribution >= 0.6 is 12.4 Å². The number of amides is 1. The van der Waals surface area contributed by atoms with E-state index in [-0.39, 0.29) is 59.6 Å². The van der Waals surface area contributed by atoms with E-state index in [1.54, 1.807) is 4.90 Å².